The number of thiol groups is 6. The average molecular weight is 655 g/mol. The van der Waals surface area contributed by atoms with Gasteiger partial charge >= 0.3 is 35.8 Å². The summed E-state index contributed by atoms with van der Waals surface area (Å²) in [6.07, 6.45) is 0. The van der Waals surface area contributed by atoms with Crippen molar-refractivity contribution >= 4 is 112 Å². The molecule has 0 atom stereocenters. The molecular formula is C20H30O12S6. The molecule has 0 rings (SSSR count). The zero-order valence-corrected chi connectivity index (χ0v) is 25.4. The molecule has 0 fully saturated rings. The van der Waals surface area contributed by atoms with E-state index in [1.54, 1.807) is 0 Å². The summed E-state index contributed by atoms with van der Waals surface area (Å²) in [7, 11) is 0. The van der Waals surface area contributed by atoms with Crippen LogP contribution in [-0.2, 0) is 57.2 Å². The van der Waals surface area contributed by atoms with Gasteiger partial charge in [-0.25, -0.2) is 0 Å². The maximum atomic E-state index is 12.1. The third-order valence-corrected chi connectivity index (χ3v) is 6.51. The van der Waals surface area contributed by atoms with Crippen LogP contribution in [0.5, 0.6) is 0 Å². The van der Waals surface area contributed by atoms with Gasteiger partial charge in [-0.1, -0.05) is 0 Å². The second kappa shape index (κ2) is 19.9. The summed E-state index contributed by atoms with van der Waals surface area (Å²) in [4.78, 5) is 72.5. The molecule has 0 aliphatic rings. The molecule has 0 heterocycles. The van der Waals surface area contributed by atoms with E-state index in [0.717, 1.165) is 0 Å². The van der Waals surface area contributed by atoms with Crippen LogP contribution < -0.4 is 0 Å². The van der Waals surface area contributed by atoms with E-state index in [2.05, 4.69) is 75.8 Å². The first-order valence-electron chi connectivity index (χ1n) is 10.6. The average Bonchev–Trinajstić information content (AvgIpc) is 2.95. The molecular weight excluding hydrogens is 625 g/mol. The molecule has 218 valence electrons. The largest absolute Gasteiger partial charge is 0.464 e. The molecule has 0 aliphatic carbocycles. The van der Waals surface area contributed by atoms with Crippen LogP contribution in [0.3, 0.4) is 0 Å². The molecule has 38 heavy (non-hydrogen) atoms. The van der Waals surface area contributed by atoms with E-state index >= 15 is 0 Å². The molecule has 12 nitrogen and oxygen atoms in total. The standard InChI is InChI=1S/C20H30O12S6/c21-13(1-33)27-7-19(8-28-14(22)2-34,9-29-15(23)3-35)20(10-30-16(24)4-36,11-31-17(25)5-37)12-32-18(26)6-38/h33-38H,1-12H2. The predicted molar refractivity (Wildman–Crippen MR) is 154 cm³/mol. The minimum atomic E-state index is -1.83. The Bertz CT molecular complexity index is 658. The zero-order chi connectivity index (χ0) is 29.2. The van der Waals surface area contributed by atoms with E-state index in [-0.39, 0.29) is 34.5 Å². The van der Waals surface area contributed by atoms with E-state index < -0.39 is 86.3 Å². The first-order valence-corrected chi connectivity index (χ1v) is 14.4. The summed E-state index contributed by atoms with van der Waals surface area (Å²) in [5.41, 5.74) is -3.65. The molecule has 0 saturated carbocycles. The number of carbonyl (C=O) groups excluding carboxylic acids is 6. The van der Waals surface area contributed by atoms with Gasteiger partial charge in [-0.15, -0.1) is 0 Å². The topological polar surface area (TPSA) is 158 Å². The monoisotopic (exact) mass is 654 g/mol. The Morgan fingerprint density at radius 1 is 0.342 bits per heavy atom. The number of esters is 6. The van der Waals surface area contributed by atoms with Crippen molar-refractivity contribution in [2.75, 3.05) is 74.2 Å². The second-order valence-electron chi connectivity index (χ2n) is 7.47. The Balaban J connectivity index is 7.07. The lowest BCUT2D eigenvalue weighted by Gasteiger charge is -2.47. The Morgan fingerprint density at radius 2 is 0.474 bits per heavy atom. The Hall–Kier alpha value is -1.08. The molecule has 0 aromatic rings. The van der Waals surface area contributed by atoms with Gasteiger partial charge in [0.25, 0.3) is 0 Å². The fraction of sp³-hybridized carbons (Fsp3) is 0.700. The van der Waals surface area contributed by atoms with Gasteiger partial charge in [0, 0.05) is 0 Å². The summed E-state index contributed by atoms with van der Waals surface area (Å²) in [6, 6.07) is 0. The van der Waals surface area contributed by atoms with Gasteiger partial charge in [-0.2, -0.15) is 75.8 Å². The molecule has 0 aromatic heterocycles. The van der Waals surface area contributed by atoms with E-state index in [4.69, 9.17) is 28.4 Å². The Kier molecular flexibility index (Phi) is 19.3. The molecule has 0 aliphatic heterocycles. The molecule has 0 unspecified atom stereocenters. The van der Waals surface area contributed by atoms with Crippen molar-refractivity contribution in [2.24, 2.45) is 10.8 Å². The molecule has 0 aromatic carbocycles. The van der Waals surface area contributed by atoms with Gasteiger partial charge in [-0.05, 0) is 0 Å². The van der Waals surface area contributed by atoms with Crippen LogP contribution in [-0.4, -0.2) is 110 Å². The number of carbonyl (C=O) groups is 6. The van der Waals surface area contributed by atoms with E-state index in [1.807, 2.05) is 0 Å². The van der Waals surface area contributed by atoms with Crippen LogP contribution in [0.25, 0.3) is 0 Å². The Labute approximate surface area is 252 Å². The van der Waals surface area contributed by atoms with Crippen LogP contribution in [0.2, 0.25) is 0 Å². The van der Waals surface area contributed by atoms with E-state index in [0.29, 0.717) is 0 Å². The lowest BCUT2D eigenvalue weighted by molar-refractivity contribution is -0.207. The number of rotatable bonds is 19. The van der Waals surface area contributed by atoms with Crippen molar-refractivity contribution in [1.29, 1.82) is 0 Å². The second-order valence-corrected chi connectivity index (χ2v) is 9.37. The highest BCUT2D eigenvalue weighted by Gasteiger charge is 2.57. The van der Waals surface area contributed by atoms with Gasteiger partial charge < -0.3 is 28.4 Å². The molecule has 0 bridgehead atoms. The predicted octanol–water partition coefficient (Wildman–Crippen LogP) is -0.203. The van der Waals surface area contributed by atoms with E-state index in [9.17, 15) is 28.8 Å². The highest BCUT2D eigenvalue weighted by Crippen LogP contribution is 2.43. The van der Waals surface area contributed by atoms with Crippen molar-refractivity contribution in [3.05, 3.63) is 0 Å². The third kappa shape index (κ3) is 12.8. The number of ether oxygens (including phenoxy) is 6. The lowest BCUT2D eigenvalue weighted by atomic mass is 9.65. The quantitative estimate of drug-likeness (QED) is 0.0620. The summed E-state index contributed by atoms with van der Waals surface area (Å²) in [5, 5.41) is 0. The fourth-order valence-corrected chi connectivity index (χ4v) is 3.30. The van der Waals surface area contributed by atoms with Gasteiger partial charge in [0.05, 0.1) is 45.3 Å². The van der Waals surface area contributed by atoms with Gasteiger partial charge in [0.1, 0.15) is 39.6 Å². The van der Waals surface area contributed by atoms with Gasteiger partial charge in [0.2, 0.25) is 0 Å². The molecule has 0 spiro atoms. The molecule has 0 N–H and O–H groups in total. The molecule has 0 radical (unpaired) electrons. The summed E-state index contributed by atoms with van der Waals surface area (Å²) < 4.78 is 31.7. The van der Waals surface area contributed by atoms with Crippen molar-refractivity contribution in [3.63, 3.8) is 0 Å². The zero-order valence-electron chi connectivity index (χ0n) is 20.1. The Morgan fingerprint density at radius 3 is 0.579 bits per heavy atom. The van der Waals surface area contributed by atoms with Crippen LogP contribution in [0.15, 0.2) is 0 Å². The number of hydrogen-bond acceptors (Lipinski definition) is 18. The van der Waals surface area contributed by atoms with Crippen LogP contribution in [0.4, 0.5) is 0 Å². The normalized spacial score (nSPS) is 11.2. The fourth-order valence-electron chi connectivity index (χ4n) is 2.75. The van der Waals surface area contributed by atoms with Crippen LogP contribution >= 0.6 is 75.8 Å². The van der Waals surface area contributed by atoms with Gasteiger partial charge in [-0.3, -0.25) is 28.8 Å². The summed E-state index contributed by atoms with van der Waals surface area (Å²) in [6.45, 7) is -3.91. The molecule has 18 heteroatoms. The third-order valence-electron chi connectivity index (χ3n) is 4.96. The maximum absolute atomic E-state index is 12.1. The highest BCUT2D eigenvalue weighted by molar-refractivity contribution is 7.81. The summed E-state index contributed by atoms with van der Waals surface area (Å²) >= 11 is 23.2. The molecule has 0 saturated heterocycles. The minimum absolute atomic E-state index is 0.353. The van der Waals surface area contributed by atoms with Crippen molar-refractivity contribution in [1.82, 2.24) is 0 Å². The van der Waals surface area contributed by atoms with Crippen LogP contribution in [0.1, 0.15) is 0 Å². The maximum Gasteiger partial charge on any atom is 0.315 e. The smallest absolute Gasteiger partial charge is 0.315 e. The minimum Gasteiger partial charge on any atom is -0.464 e. The first kappa shape index (κ1) is 36.9. The van der Waals surface area contributed by atoms with Crippen molar-refractivity contribution in [3.8, 4) is 0 Å². The number of hydrogen-bond donors (Lipinski definition) is 6. The van der Waals surface area contributed by atoms with Crippen molar-refractivity contribution < 1.29 is 57.2 Å². The molecule has 0 amide bonds. The lowest BCUT2D eigenvalue weighted by Crippen LogP contribution is -2.60. The highest BCUT2D eigenvalue weighted by atomic mass is 32.1. The summed E-state index contributed by atoms with van der Waals surface area (Å²) in [5.74, 6) is -7.04. The SMILES string of the molecule is O=C(CS)OCC(COC(=O)CS)(COC(=O)CS)C(COC(=O)CS)(COC(=O)CS)COC(=O)CS. The van der Waals surface area contributed by atoms with Crippen molar-refractivity contribution in [2.45, 2.75) is 0 Å². The first-order chi connectivity index (χ1) is 18.0. The van der Waals surface area contributed by atoms with Crippen LogP contribution in [0, 0.1) is 10.8 Å². The van der Waals surface area contributed by atoms with E-state index in [1.165, 1.54) is 0 Å². The van der Waals surface area contributed by atoms with Gasteiger partial charge in [0.15, 0.2) is 0 Å².